The number of aromatic nitrogens is 5. The predicted molar refractivity (Wildman–Crippen MR) is 152 cm³/mol. The van der Waals surface area contributed by atoms with Crippen molar-refractivity contribution in [3.05, 3.63) is 52.7 Å². The highest BCUT2D eigenvalue weighted by Gasteiger charge is 2.40. The van der Waals surface area contributed by atoms with Crippen molar-refractivity contribution in [1.82, 2.24) is 29.2 Å². The Morgan fingerprint density at radius 2 is 1.79 bits per heavy atom. The third-order valence-electron chi connectivity index (χ3n) is 8.69. The van der Waals surface area contributed by atoms with Gasteiger partial charge in [-0.25, -0.2) is 4.79 Å². The van der Waals surface area contributed by atoms with Crippen molar-refractivity contribution in [2.24, 2.45) is 13.0 Å². The first kappa shape index (κ1) is 28.8. The lowest BCUT2D eigenvalue weighted by atomic mass is 9.96. The highest BCUT2D eigenvalue weighted by molar-refractivity contribution is 6.02. The third kappa shape index (κ3) is 5.67. The van der Waals surface area contributed by atoms with E-state index in [1.54, 1.807) is 17.8 Å². The molecule has 224 valence electrons. The number of ether oxygens (including phenoxy) is 2. The van der Waals surface area contributed by atoms with Gasteiger partial charge in [0.25, 0.3) is 0 Å². The number of rotatable bonds is 7. The first-order chi connectivity index (χ1) is 20.2. The number of benzene rings is 1. The van der Waals surface area contributed by atoms with Gasteiger partial charge in [0.2, 0.25) is 0 Å². The number of piperidine rings is 1. The number of hydrogen-bond donors (Lipinski definition) is 0. The van der Waals surface area contributed by atoms with Gasteiger partial charge in [-0.2, -0.15) is 13.2 Å². The first-order valence-electron chi connectivity index (χ1n) is 14.5. The van der Waals surface area contributed by atoms with E-state index in [2.05, 4.69) is 15.2 Å². The van der Waals surface area contributed by atoms with Crippen molar-refractivity contribution in [3.8, 4) is 11.1 Å². The van der Waals surface area contributed by atoms with Gasteiger partial charge in [0, 0.05) is 50.0 Å². The molecule has 0 amide bonds. The van der Waals surface area contributed by atoms with E-state index in [-0.39, 0.29) is 30.7 Å². The van der Waals surface area contributed by atoms with Crippen LogP contribution in [0.15, 0.2) is 41.3 Å². The van der Waals surface area contributed by atoms with Gasteiger partial charge in [-0.3, -0.25) is 14.1 Å². The molecule has 2 aliphatic heterocycles. The van der Waals surface area contributed by atoms with Crippen LogP contribution in [-0.2, 0) is 16.5 Å². The van der Waals surface area contributed by atoms with Gasteiger partial charge in [-0.1, -0.05) is 12.1 Å². The van der Waals surface area contributed by atoms with E-state index < -0.39 is 12.1 Å². The molecule has 2 saturated heterocycles. The molecule has 0 aliphatic carbocycles. The van der Waals surface area contributed by atoms with Crippen LogP contribution < -0.4 is 5.69 Å². The topological polar surface area (TPSA) is 87.3 Å². The zero-order chi connectivity index (χ0) is 29.4. The number of hydrogen-bond acceptors (Lipinski definition) is 7. The smallest absolute Gasteiger partial charge is 0.381 e. The molecule has 42 heavy (non-hydrogen) atoms. The van der Waals surface area contributed by atoms with Gasteiger partial charge in [0.15, 0.2) is 5.65 Å². The lowest BCUT2D eigenvalue weighted by Crippen LogP contribution is -2.40. The summed E-state index contributed by atoms with van der Waals surface area (Å²) in [5, 5.41) is 9.62. The quantitative estimate of drug-likeness (QED) is 0.301. The Balaban J connectivity index is 1.16. The Kier molecular flexibility index (Phi) is 8.03. The zero-order valence-corrected chi connectivity index (χ0v) is 23.8. The van der Waals surface area contributed by atoms with Crippen molar-refractivity contribution in [2.75, 3.05) is 39.5 Å². The summed E-state index contributed by atoms with van der Waals surface area (Å²) in [7, 11) is 1.73. The molecule has 3 aromatic heterocycles. The molecule has 9 nitrogen and oxygen atoms in total. The molecular formula is C30H35F3N6O3. The van der Waals surface area contributed by atoms with Gasteiger partial charge >= 0.3 is 11.9 Å². The Bertz CT molecular complexity index is 1600. The molecule has 1 atom stereocenters. The molecule has 1 aromatic carbocycles. The Morgan fingerprint density at radius 1 is 1.05 bits per heavy atom. The minimum Gasteiger partial charge on any atom is -0.381 e. The summed E-state index contributed by atoms with van der Waals surface area (Å²) < 4.78 is 53.7. The second kappa shape index (κ2) is 11.7. The van der Waals surface area contributed by atoms with E-state index in [0.717, 1.165) is 40.6 Å². The molecule has 6 rings (SSSR count). The molecule has 4 aromatic rings. The fourth-order valence-electron chi connectivity index (χ4n) is 6.10. The van der Waals surface area contributed by atoms with E-state index in [1.165, 1.54) is 0 Å². The highest BCUT2D eigenvalue weighted by atomic mass is 19.4. The summed E-state index contributed by atoms with van der Waals surface area (Å²) in [5.74, 6) is -1.19. The van der Waals surface area contributed by atoms with Crippen LogP contribution in [0.4, 0.5) is 13.2 Å². The summed E-state index contributed by atoms with van der Waals surface area (Å²) in [6.45, 7) is 5.06. The van der Waals surface area contributed by atoms with Gasteiger partial charge < -0.3 is 14.4 Å². The van der Waals surface area contributed by atoms with Crippen LogP contribution in [0.1, 0.15) is 50.4 Å². The van der Waals surface area contributed by atoms with Gasteiger partial charge in [-0.05, 0) is 69.5 Å². The lowest BCUT2D eigenvalue weighted by Gasteiger charge is -2.32. The second-order valence-corrected chi connectivity index (χ2v) is 11.3. The molecule has 0 saturated carbocycles. The van der Waals surface area contributed by atoms with Crippen LogP contribution in [0.3, 0.4) is 0 Å². The third-order valence-corrected chi connectivity index (χ3v) is 8.69. The lowest BCUT2D eigenvalue weighted by molar-refractivity contribution is -0.185. The van der Waals surface area contributed by atoms with Crippen molar-refractivity contribution in [2.45, 2.75) is 50.9 Å². The minimum absolute atomic E-state index is 0.0418. The largest absolute Gasteiger partial charge is 0.391 e. The molecular weight excluding hydrogens is 549 g/mol. The zero-order valence-electron chi connectivity index (χ0n) is 23.8. The van der Waals surface area contributed by atoms with Gasteiger partial charge in [-0.15, -0.1) is 10.2 Å². The van der Waals surface area contributed by atoms with Crippen LogP contribution in [0, 0.1) is 5.92 Å². The van der Waals surface area contributed by atoms with Crippen molar-refractivity contribution in [3.63, 3.8) is 0 Å². The number of likely N-dealkylation sites (tertiary alicyclic amines) is 1. The standard InChI is InChI=1S/C30H35F3N6O3/c1-19(42-16-13-38-11-7-22(8-12-38)30(31,32)33)25-5-4-21(18-34-25)20-3-6-26-24(17-20)27-28(36-35-26)37(2)29(40)39(27)23-9-14-41-15-10-23/h3-6,17-19,22-23H,7-16H2,1-2H3/t19-/m1/s1. The maximum absolute atomic E-state index is 13.3. The fraction of sp³-hybridized carbons (Fsp3) is 0.533. The van der Waals surface area contributed by atoms with E-state index >= 15 is 0 Å². The summed E-state index contributed by atoms with van der Waals surface area (Å²) in [6, 6.07) is 9.90. The number of nitrogens with zero attached hydrogens (tertiary/aromatic N) is 6. The maximum Gasteiger partial charge on any atom is 0.391 e. The van der Waals surface area contributed by atoms with E-state index in [1.807, 2.05) is 46.7 Å². The molecule has 0 N–H and O–H groups in total. The molecule has 0 radical (unpaired) electrons. The Hall–Kier alpha value is -3.35. The van der Waals surface area contributed by atoms with Crippen LogP contribution >= 0.6 is 0 Å². The Labute approximate surface area is 241 Å². The average Bonchev–Trinajstić information content (AvgIpc) is 3.27. The van der Waals surface area contributed by atoms with Crippen molar-refractivity contribution < 1.29 is 22.6 Å². The van der Waals surface area contributed by atoms with Crippen LogP contribution in [0.25, 0.3) is 33.2 Å². The van der Waals surface area contributed by atoms with E-state index in [0.29, 0.717) is 50.6 Å². The molecule has 5 heterocycles. The van der Waals surface area contributed by atoms with Crippen molar-refractivity contribution in [1.29, 1.82) is 0 Å². The van der Waals surface area contributed by atoms with Crippen molar-refractivity contribution >= 4 is 22.1 Å². The number of alkyl halides is 3. The normalized spacial score (nSPS) is 18.7. The molecule has 0 unspecified atom stereocenters. The van der Waals surface area contributed by atoms with Crippen LogP contribution in [-0.4, -0.2) is 74.8 Å². The Morgan fingerprint density at radius 3 is 2.48 bits per heavy atom. The van der Waals surface area contributed by atoms with Crippen LogP contribution in [0.2, 0.25) is 0 Å². The summed E-state index contributed by atoms with van der Waals surface area (Å²) in [5.41, 5.74) is 4.60. The summed E-state index contributed by atoms with van der Waals surface area (Å²) in [6.07, 6.45) is -0.719. The highest BCUT2D eigenvalue weighted by Crippen LogP contribution is 2.34. The molecule has 2 fully saturated rings. The van der Waals surface area contributed by atoms with E-state index in [9.17, 15) is 18.0 Å². The second-order valence-electron chi connectivity index (χ2n) is 11.3. The van der Waals surface area contributed by atoms with Crippen LogP contribution in [0.5, 0.6) is 0 Å². The molecule has 0 spiro atoms. The number of halogens is 3. The SMILES string of the molecule is C[C@@H](OCCN1CCC(C(F)(F)F)CC1)c1ccc(-c2ccc3nnc4c(c3c2)n(C2CCOCC2)c(=O)n4C)cn1. The molecule has 0 bridgehead atoms. The number of fused-ring (bicyclic) bond motifs is 3. The number of pyridine rings is 1. The monoisotopic (exact) mass is 584 g/mol. The number of aryl methyl sites for hydroxylation is 1. The fourth-order valence-corrected chi connectivity index (χ4v) is 6.10. The van der Waals surface area contributed by atoms with Gasteiger partial charge in [0.1, 0.15) is 5.52 Å². The summed E-state index contributed by atoms with van der Waals surface area (Å²) in [4.78, 5) is 19.9. The molecule has 2 aliphatic rings. The molecule has 12 heteroatoms. The van der Waals surface area contributed by atoms with Gasteiger partial charge in [0.05, 0.1) is 29.8 Å². The van der Waals surface area contributed by atoms with E-state index in [4.69, 9.17) is 9.47 Å². The number of imidazole rings is 1. The minimum atomic E-state index is -4.10. The summed E-state index contributed by atoms with van der Waals surface area (Å²) >= 11 is 0. The average molecular weight is 585 g/mol. The maximum atomic E-state index is 13.3. The first-order valence-corrected chi connectivity index (χ1v) is 14.5. The predicted octanol–water partition coefficient (Wildman–Crippen LogP) is 5.05.